The van der Waals surface area contributed by atoms with Crippen LogP contribution in [0.1, 0.15) is 48.8 Å². The normalized spacial score (nSPS) is 16.6. The third kappa shape index (κ3) is 4.43. The lowest BCUT2D eigenvalue weighted by Gasteiger charge is -2.33. The van der Waals surface area contributed by atoms with Gasteiger partial charge in [-0.2, -0.15) is 5.26 Å². The first-order chi connectivity index (χ1) is 13.2. The lowest BCUT2D eigenvalue weighted by molar-refractivity contribution is -0.111. The summed E-state index contributed by atoms with van der Waals surface area (Å²) in [6.45, 7) is 6.78. The van der Waals surface area contributed by atoms with Gasteiger partial charge in [0.15, 0.2) is 0 Å². The molecule has 3 nitrogen and oxygen atoms in total. The molecule has 1 amide bonds. The Balaban J connectivity index is 1.80. The number of fused-ring (bicyclic) bond motifs is 1. The van der Waals surface area contributed by atoms with Crippen LogP contribution in [-0.2, 0) is 17.6 Å². The molecule has 0 bridgehead atoms. The van der Waals surface area contributed by atoms with E-state index in [1.54, 1.807) is 24.3 Å². The minimum atomic E-state index is -0.307. The SMILES string of the molecule is CC(C)(C)C1CCc2c(sc(NC(=O)C=Cc3c(Cl)cccc3Cl)c2C#N)C1. The number of rotatable bonds is 3. The predicted molar refractivity (Wildman–Crippen MR) is 118 cm³/mol. The number of hydrogen-bond donors (Lipinski definition) is 1. The molecule has 6 heteroatoms. The first-order valence-electron chi connectivity index (χ1n) is 9.18. The zero-order valence-electron chi connectivity index (χ0n) is 16.1. The minimum Gasteiger partial charge on any atom is -0.313 e. The van der Waals surface area contributed by atoms with Gasteiger partial charge < -0.3 is 5.32 Å². The third-order valence-corrected chi connectivity index (χ3v) is 7.07. The van der Waals surface area contributed by atoms with Crippen LogP contribution in [0.15, 0.2) is 24.3 Å². The highest BCUT2D eigenvalue weighted by Crippen LogP contribution is 2.44. The van der Waals surface area contributed by atoms with Gasteiger partial charge in [-0.15, -0.1) is 11.3 Å². The molecule has 1 aliphatic carbocycles. The highest BCUT2D eigenvalue weighted by atomic mass is 35.5. The number of hydrogen-bond acceptors (Lipinski definition) is 3. The van der Waals surface area contributed by atoms with Crippen molar-refractivity contribution in [1.29, 1.82) is 5.26 Å². The fourth-order valence-corrected chi connectivity index (χ4v) is 5.32. The Kier molecular flexibility index (Phi) is 6.19. The largest absolute Gasteiger partial charge is 0.313 e. The second kappa shape index (κ2) is 8.29. The molecule has 0 radical (unpaired) electrons. The molecule has 1 aromatic heterocycles. The Labute approximate surface area is 180 Å². The molecule has 0 spiro atoms. The van der Waals surface area contributed by atoms with Gasteiger partial charge in [-0.3, -0.25) is 4.79 Å². The van der Waals surface area contributed by atoms with Crippen LogP contribution >= 0.6 is 34.5 Å². The Morgan fingerprint density at radius 2 is 2.00 bits per heavy atom. The molecule has 28 heavy (non-hydrogen) atoms. The quantitative estimate of drug-likeness (QED) is 0.546. The molecule has 0 fully saturated rings. The molecule has 1 N–H and O–H groups in total. The number of nitrogens with one attached hydrogen (secondary N) is 1. The van der Waals surface area contributed by atoms with Crippen molar-refractivity contribution in [1.82, 2.24) is 0 Å². The molecule has 0 saturated carbocycles. The molecule has 1 aromatic carbocycles. The molecule has 146 valence electrons. The summed E-state index contributed by atoms with van der Waals surface area (Å²) in [6, 6.07) is 7.48. The summed E-state index contributed by atoms with van der Waals surface area (Å²) in [6.07, 6.45) is 5.90. The van der Waals surface area contributed by atoms with Gasteiger partial charge in [0.2, 0.25) is 5.91 Å². The van der Waals surface area contributed by atoms with Crippen molar-refractivity contribution in [3.05, 3.63) is 55.9 Å². The van der Waals surface area contributed by atoms with Crippen LogP contribution < -0.4 is 5.32 Å². The van der Waals surface area contributed by atoms with Gasteiger partial charge in [-0.1, -0.05) is 50.0 Å². The lowest BCUT2D eigenvalue weighted by atomic mass is 9.72. The van der Waals surface area contributed by atoms with Crippen molar-refractivity contribution in [2.75, 3.05) is 5.32 Å². The van der Waals surface area contributed by atoms with E-state index < -0.39 is 0 Å². The van der Waals surface area contributed by atoms with Crippen LogP contribution in [0.5, 0.6) is 0 Å². The summed E-state index contributed by atoms with van der Waals surface area (Å²) >= 11 is 13.8. The summed E-state index contributed by atoms with van der Waals surface area (Å²) < 4.78 is 0. The average molecular weight is 433 g/mol. The second-order valence-corrected chi connectivity index (χ2v) is 10.0. The number of amides is 1. The molecule has 0 saturated heterocycles. The van der Waals surface area contributed by atoms with Gasteiger partial charge in [-0.05, 0) is 54.4 Å². The predicted octanol–water partition coefficient (Wildman–Crippen LogP) is 6.73. The Bertz CT molecular complexity index is 959. The number of thiophene rings is 1. The number of halogens is 2. The maximum Gasteiger partial charge on any atom is 0.249 e. The van der Waals surface area contributed by atoms with Crippen molar-refractivity contribution in [2.45, 2.75) is 40.0 Å². The van der Waals surface area contributed by atoms with Crippen molar-refractivity contribution in [3.63, 3.8) is 0 Å². The Morgan fingerprint density at radius 3 is 2.61 bits per heavy atom. The summed E-state index contributed by atoms with van der Waals surface area (Å²) in [7, 11) is 0. The van der Waals surface area contributed by atoms with Crippen LogP contribution in [0.4, 0.5) is 5.00 Å². The highest BCUT2D eigenvalue weighted by molar-refractivity contribution is 7.16. The Morgan fingerprint density at radius 1 is 1.32 bits per heavy atom. The van der Waals surface area contributed by atoms with Gasteiger partial charge in [0.25, 0.3) is 0 Å². The minimum absolute atomic E-state index is 0.231. The molecule has 1 atom stereocenters. The number of nitrogens with zero attached hydrogens (tertiary/aromatic N) is 1. The van der Waals surface area contributed by atoms with Crippen LogP contribution in [-0.4, -0.2) is 5.91 Å². The summed E-state index contributed by atoms with van der Waals surface area (Å²) in [5, 5.41) is 14.1. The van der Waals surface area contributed by atoms with Crippen LogP contribution in [0, 0.1) is 22.7 Å². The van der Waals surface area contributed by atoms with E-state index >= 15 is 0 Å². The first-order valence-corrected chi connectivity index (χ1v) is 10.8. The van der Waals surface area contributed by atoms with Gasteiger partial charge >= 0.3 is 0 Å². The lowest BCUT2D eigenvalue weighted by Crippen LogP contribution is -2.26. The van der Waals surface area contributed by atoms with Gasteiger partial charge in [0, 0.05) is 26.6 Å². The van der Waals surface area contributed by atoms with Gasteiger partial charge in [0.05, 0.1) is 5.56 Å². The fourth-order valence-electron chi connectivity index (χ4n) is 3.51. The van der Waals surface area contributed by atoms with Crippen LogP contribution in [0.25, 0.3) is 6.08 Å². The van der Waals surface area contributed by atoms with E-state index in [9.17, 15) is 10.1 Å². The molecule has 1 unspecified atom stereocenters. The summed E-state index contributed by atoms with van der Waals surface area (Å²) in [5.74, 6) is 0.273. The van der Waals surface area contributed by atoms with E-state index in [-0.39, 0.29) is 11.3 Å². The maximum absolute atomic E-state index is 12.4. The number of carbonyl (C=O) groups is 1. The topological polar surface area (TPSA) is 52.9 Å². The van der Waals surface area contributed by atoms with Crippen LogP contribution in [0.2, 0.25) is 10.0 Å². The molecular formula is C22H22Cl2N2OS. The molecular weight excluding hydrogens is 411 g/mol. The van der Waals surface area contributed by atoms with Crippen LogP contribution in [0.3, 0.4) is 0 Å². The Hall–Kier alpha value is -1.80. The third-order valence-electron chi connectivity index (χ3n) is 5.24. The zero-order valence-corrected chi connectivity index (χ0v) is 18.4. The zero-order chi connectivity index (χ0) is 20.5. The highest BCUT2D eigenvalue weighted by Gasteiger charge is 2.32. The van der Waals surface area contributed by atoms with E-state index in [1.165, 1.54) is 22.3 Å². The van der Waals surface area contributed by atoms with Crippen molar-refractivity contribution in [2.24, 2.45) is 11.3 Å². The van der Waals surface area contributed by atoms with E-state index in [2.05, 4.69) is 32.2 Å². The molecule has 1 heterocycles. The maximum atomic E-state index is 12.4. The number of nitriles is 1. The van der Waals surface area contributed by atoms with E-state index in [0.717, 1.165) is 24.8 Å². The van der Waals surface area contributed by atoms with Crippen molar-refractivity contribution >= 4 is 51.5 Å². The van der Waals surface area contributed by atoms with Gasteiger partial charge in [0.1, 0.15) is 11.1 Å². The summed E-state index contributed by atoms with van der Waals surface area (Å²) in [4.78, 5) is 13.6. The molecule has 2 aromatic rings. The van der Waals surface area contributed by atoms with Crippen molar-refractivity contribution in [3.8, 4) is 6.07 Å². The van der Waals surface area contributed by atoms with Crippen molar-refractivity contribution < 1.29 is 4.79 Å². The number of benzene rings is 1. The summed E-state index contributed by atoms with van der Waals surface area (Å²) in [5.41, 5.74) is 2.53. The van der Waals surface area contributed by atoms with E-state index in [4.69, 9.17) is 23.2 Å². The smallest absolute Gasteiger partial charge is 0.249 e. The average Bonchev–Trinajstić information content (AvgIpc) is 2.96. The number of carbonyl (C=O) groups excluding carboxylic acids is 1. The monoisotopic (exact) mass is 432 g/mol. The standard InChI is InChI=1S/C22H22Cl2N2OS/c1-22(2,3)13-7-8-14-16(12-25)21(28-19(14)11-13)26-20(27)10-9-15-17(23)5-4-6-18(15)24/h4-6,9-10,13H,7-8,11H2,1-3H3,(H,26,27). The molecule has 1 aliphatic rings. The second-order valence-electron chi connectivity index (χ2n) is 8.08. The fraction of sp³-hybridized carbons (Fsp3) is 0.364. The molecule has 0 aliphatic heterocycles. The number of anilines is 1. The first kappa shape index (κ1) is 20.9. The molecule has 3 rings (SSSR count). The van der Waals surface area contributed by atoms with E-state index in [0.29, 0.717) is 32.1 Å². The van der Waals surface area contributed by atoms with E-state index in [1.807, 2.05) is 0 Å². The van der Waals surface area contributed by atoms with Gasteiger partial charge in [-0.25, -0.2) is 0 Å².